The largest absolute Gasteiger partial charge is 0.505 e. The van der Waals surface area contributed by atoms with Crippen LogP contribution in [-0.4, -0.2) is 26.2 Å². The molecule has 0 aliphatic rings. The number of aromatic carboxylic acids is 1. The highest BCUT2D eigenvalue weighted by Gasteiger charge is 2.12. The number of halogens is 1. The second-order valence-electron chi connectivity index (χ2n) is 3.28. The van der Waals surface area contributed by atoms with Gasteiger partial charge in [-0.15, -0.1) is 0 Å². The highest BCUT2D eigenvalue weighted by molar-refractivity contribution is 9.10. The second kappa shape index (κ2) is 4.50. The topological polar surface area (TPSA) is 83.3 Å². The Balaban J connectivity index is 2.54. The van der Waals surface area contributed by atoms with Crippen molar-refractivity contribution in [3.8, 4) is 17.0 Å². The zero-order valence-corrected chi connectivity index (χ0v) is 10.0. The number of aromatic hydroxyl groups is 1. The van der Waals surface area contributed by atoms with E-state index in [1.807, 2.05) is 0 Å². The molecule has 2 heterocycles. The van der Waals surface area contributed by atoms with E-state index in [4.69, 9.17) is 5.11 Å². The summed E-state index contributed by atoms with van der Waals surface area (Å²) in [5, 5.41) is 18.2. The molecule has 0 aromatic carbocycles. The van der Waals surface area contributed by atoms with E-state index in [-0.39, 0.29) is 11.3 Å². The minimum absolute atomic E-state index is 0.185. The minimum Gasteiger partial charge on any atom is -0.505 e. The van der Waals surface area contributed by atoms with Crippen molar-refractivity contribution in [3.05, 3.63) is 40.8 Å². The van der Waals surface area contributed by atoms with Crippen LogP contribution < -0.4 is 0 Å². The third-order valence-electron chi connectivity index (χ3n) is 2.11. The van der Waals surface area contributed by atoms with E-state index < -0.39 is 5.97 Å². The number of hydrogen-bond donors (Lipinski definition) is 2. The van der Waals surface area contributed by atoms with Gasteiger partial charge in [0.05, 0.1) is 11.9 Å². The first kappa shape index (κ1) is 11.5. The number of carboxylic acid groups (broad SMARTS) is 1. The highest BCUT2D eigenvalue weighted by atomic mass is 79.9. The fourth-order valence-corrected chi connectivity index (χ4v) is 1.69. The average molecular weight is 295 g/mol. The van der Waals surface area contributed by atoms with Crippen molar-refractivity contribution in [3.63, 3.8) is 0 Å². The van der Waals surface area contributed by atoms with Gasteiger partial charge >= 0.3 is 5.97 Å². The monoisotopic (exact) mass is 294 g/mol. The number of rotatable bonds is 2. The zero-order valence-electron chi connectivity index (χ0n) is 8.46. The van der Waals surface area contributed by atoms with Crippen LogP contribution in [0.3, 0.4) is 0 Å². The Labute approximate surface area is 105 Å². The van der Waals surface area contributed by atoms with Gasteiger partial charge in [0, 0.05) is 22.4 Å². The van der Waals surface area contributed by atoms with E-state index >= 15 is 0 Å². The molecule has 0 amide bonds. The van der Waals surface area contributed by atoms with Crippen molar-refractivity contribution in [2.24, 2.45) is 0 Å². The van der Waals surface area contributed by atoms with Crippen LogP contribution in [0.15, 0.2) is 35.2 Å². The van der Waals surface area contributed by atoms with Crippen LogP contribution in [0.5, 0.6) is 5.75 Å². The summed E-state index contributed by atoms with van der Waals surface area (Å²) in [7, 11) is 0. The molecule has 0 saturated carbocycles. The molecule has 0 unspecified atom stereocenters. The Morgan fingerprint density at radius 3 is 2.65 bits per heavy atom. The van der Waals surface area contributed by atoms with E-state index in [0.717, 1.165) is 10.7 Å². The average Bonchev–Trinajstić information content (AvgIpc) is 2.29. The SMILES string of the molecule is O=C(O)c1cc(-c2cncc(Br)c2)ncc1O. The third kappa shape index (κ3) is 2.42. The van der Waals surface area contributed by atoms with Crippen LogP contribution in [0, 0.1) is 0 Å². The van der Waals surface area contributed by atoms with Crippen LogP contribution in [-0.2, 0) is 0 Å². The van der Waals surface area contributed by atoms with Crippen molar-refractivity contribution < 1.29 is 15.0 Å². The van der Waals surface area contributed by atoms with Crippen molar-refractivity contribution in [2.75, 3.05) is 0 Å². The van der Waals surface area contributed by atoms with Gasteiger partial charge < -0.3 is 10.2 Å². The molecule has 86 valence electrons. The summed E-state index contributed by atoms with van der Waals surface area (Å²) < 4.78 is 0.766. The molecule has 2 rings (SSSR count). The van der Waals surface area contributed by atoms with Gasteiger partial charge in [-0.25, -0.2) is 4.79 Å². The molecule has 0 saturated heterocycles. The zero-order chi connectivity index (χ0) is 12.4. The number of nitrogens with zero attached hydrogens (tertiary/aromatic N) is 2. The molecule has 0 radical (unpaired) electrons. The second-order valence-corrected chi connectivity index (χ2v) is 4.20. The molecule has 2 aromatic rings. The lowest BCUT2D eigenvalue weighted by Crippen LogP contribution is -1.98. The van der Waals surface area contributed by atoms with Crippen LogP contribution in [0.4, 0.5) is 0 Å². The lowest BCUT2D eigenvalue weighted by molar-refractivity contribution is 0.0693. The van der Waals surface area contributed by atoms with E-state index in [0.29, 0.717) is 11.3 Å². The van der Waals surface area contributed by atoms with Crippen molar-refractivity contribution in [2.45, 2.75) is 0 Å². The van der Waals surface area contributed by atoms with E-state index in [1.54, 1.807) is 18.5 Å². The first-order chi connectivity index (χ1) is 8.08. The molecule has 17 heavy (non-hydrogen) atoms. The Bertz CT molecular complexity index is 587. The summed E-state index contributed by atoms with van der Waals surface area (Å²) in [6.45, 7) is 0. The van der Waals surface area contributed by atoms with E-state index in [2.05, 4.69) is 25.9 Å². The normalized spacial score (nSPS) is 10.2. The first-order valence-corrected chi connectivity index (χ1v) is 5.40. The number of carboxylic acids is 1. The number of pyridine rings is 2. The summed E-state index contributed by atoms with van der Waals surface area (Å²) in [5.74, 6) is -1.56. The number of hydrogen-bond acceptors (Lipinski definition) is 4. The maximum Gasteiger partial charge on any atom is 0.339 e. The molecule has 6 heteroatoms. The van der Waals surface area contributed by atoms with Crippen LogP contribution in [0.2, 0.25) is 0 Å². The Hall–Kier alpha value is -1.95. The summed E-state index contributed by atoms with van der Waals surface area (Å²) in [5.41, 5.74) is 0.922. The fourth-order valence-electron chi connectivity index (χ4n) is 1.33. The summed E-state index contributed by atoms with van der Waals surface area (Å²) >= 11 is 3.27. The highest BCUT2D eigenvalue weighted by Crippen LogP contribution is 2.24. The van der Waals surface area contributed by atoms with Gasteiger partial charge in [-0.2, -0.15) is 0 Å². The lowest BCUT2D eigenvalue weighted by atomic mass is 10.1. The molecule has 0 bridgehead atoms. The summed E-state index contributed by atoms with van der Waals surface area (Å²) in [6, 6.07) is 3.07. The summed E-state index contributed by atoms with van der Waals surface area (Å²) in [6.07, 6.45) is 4.29. The van der Waals surface area contributed by atoms with Gasteiger partial charge in [0.15, 0.2) is 0 Å². The third-order valence-corrected chi connectivity index (χ3v) is 2.55. The lowest BCUT2D eigenvalue weighted by Gasteiger charge is -2.04. The van der Waals surface area contributed by atoms with Crippen molar-refractivity contribution in [1.29, 1.82) is 0 Å². The molecular formula is C11H7BrN2O3. The van der Waals surface area contributed by atoms with Gasteiger partial charge in [0.2, 0.25) is 0 Å². The van der Waals surface area contributed by atoms with Gasteiger partial charge in [-0.05, 0) is 28.1 Å². The molecule has 0 spiro atoms. The molecule has 2 aromatic heterocycles. The van der Waals surface area contributed by atoms with Crippen LogP contribution >= 0.6 is 15.9 Å². The molecule has 5 nitrogen and oxygen atoms in total. The van der Waals surface area contributed by atoms with E-state index in [1.165, 1.54) is 6.07 Å². The maximum atomic E-state index is 10.9. The molecule has 2 N–H and O–H groups in total. The van der Waals surface area contributed by atoms with Crippen LogP contribution in [0.25, 0.3) is 11.3 Å². The predicted molar refractivity (Wildman–Crippen MR) is 63.8 cm³/mol. The molecule has 0 fully saturated rings. The molecule has 0 atom stereocenters. The molecule has 0 aliphatic carbocycles. The predicted octanol–water partition coefficient (Wildman–Crippen LogP) is 2.31. The molecule has 0 aliphatic heterocycles. The Morgan fingerprint density at radius 1 is 1.24 bits per heavy atom. The van der Waals surface area contributed by atoms with Gasteiger partial charge in [-0.1, -0.05) is 0 Å². The smallest absolute Gasteiger partial charge is 0.339 e. The van der Waals surface area contributed by atoms with Crippen LogP contribution in [0.1, 0.15) is 10.4 Å². The fraction of sp³-hybridized carbons (Fsp3) is 0. The van der Waals surface area contributed by atoms with Gasteiger partial charge in [0.1, 0.15) is 11.3 Å². The minimum atomic E-state index is -1.20. The van der Waals surface area contributed by atoms with Crippen molar-refractivity contribution in [1.82, 2.24) is 9.97 Å². The molecular weight excluding hydrogens is 288 g/mol. The van der Waals surface area contributed by atoms with E-state index in [9.17, 15) is 9.90 Å². The maximum absolute atomic E-state index is 10.9. The van der Waals surface area contributed by atoms with Crippen molar-refractivity contribution >= 4 is 21.9 Å². The Morgan fingerprint density at radius 2 is 2.00 bits per heavy atom. The first-order valence-electron chi connectivity index (χ1n) is 4.61. The number of aromatic nitrogens is 2. The van der Waals surface area contributed by atoms with Gasteiger partial charge in [0.25, 0.3) is 0 Å². The summed E-state index contributed by atoms with van der Waals surface area (Å²) in [4.78, 5) is 18.8. The standard InChI is InChI=1S/C11H7BrN2O3/c12-7-1-6(3-13-4-7)9-2-8(11(16)17)10(15)5-14-9/h1-5,15H,(H,16,17). The van der Waals surface area contributed by atoms with Gasteiger partial charge in [-0.3, -0.25) is 9.97 Å². The Kier molecular flexibility index (Phi) is 3.06. The quantitative estimate of drug-likeness (QED) is 0.888. The number of carbonyl (C=O) groups is 1.